The first-order chi connectivity index (χ1) is 11.0. The van der Waals surface area contributed by atoms with Crippen molar-refractivity contribution in [3.05, 3.63) is 0 Å². The number of sulfonamides is 1. The summed E-state index contributed by atoms with van der Waals surface area (Å²) in [5.41, 5.74) is 0. The van der Waals surface area contributed by atoms with Gasteiger partial charge >= 0.3 is 29.6 Å². The minimum absolute atomic E-state index is 0. The van der Waals surface area contributed by atoms with Crippen LogP contribution in [0.2, 0.25) is 0 Å². The van der Waals surface area contributed by atoms with Crippen LogP contribution < -0.4 is 39.6 Å². The van der Waals surface area contributed by atoms with Gasteiger partial charge < -0.3 is 9.87 Å². The van der Waals surface area contributed by atoms with Crippen LogP contribution in [0.5, 0.6) is 0 Å². The Hall–Kier alpha value is 0.290. The number of rotatable bonds is 5. The summed E-state index contributed by atoms with van der Waals surface area (Å²) in [6.07, 6.45) is 5.47. The minimum Gasteiger partial charge on any atom is -0.748 e. The molecule has 2 saturated carbocycles. The van der Waals surface area contributed by atoms with Crippen LogP contribution in [0.25, 0.3) is 0 Å². The molecule has 1 amide bonds. The predicted octanol–water partition coefficient (Wildman–Crippen LogP) is -2.93. The van der Waals surface area contributed by atoms with Gasteiger partial charge in [-0.2, -0.15) is 0 Å². The van der Waals surface area contributed by atoms with Crippen LogP contribution in [0.3, 0.4) is 0 Å². The number of carbonyl (C=O) groups is 1. The zero-order chi connectivity index (χ0) is 18.0. The molecule has 0 aromatic carbocycles. The summed E-state index contributed by atoms with van der Waals surface area (Å²) in [4.78, 5) is 12.4. The minimum atomic E-state index is -4.36. The number of hydrogen-bond acceptors (Lipinski definition) is 6. The second-order valence-corrected chi connectivity index (χ2v) is 10.4. The Kier molecular flexibility index (Phi) is 8.84. The van der Waals surface area contributed by atoms with E-state index in [0.29, 0.717) is 25.7 Å². The Balaban J connectivity index is 0.00000312. The van der Waals surface area contributed by atoms with E-state index < -0.39 is 31.3 Å². The van der Waals surface area contributed by atoms with Crippen molar-refractivity contribution in [2.24, 2.45) is 5.92 Å². The molecular formula is C14H25N2NaO6S2. The van der Waals surface area contributed by atoms with Gasteiger partial charge in [0.05, 0.1) is 21.6 Å². The fourth-order valence-electron chi connectivity index (χ4n) is 3.69. The van der Waals surface area contributed by atoms with Crippen molar-refractivity contribution in [2.75, 3.05) is 6.26 Å². The molecule has 2 aliphatic carbocycles. The Labute approximate surface area is 172 Å². The third-order valence-corrected chi connectivity index (χ3v) is 6.81. The fraction of sp³-hybridized carbons (Fsp3) is 0.929. The third-order valence-electron chi connectivity index (χ3n) is 4.81. The van der Waals surface area contributed by atoms with Crippen LogP contribution in [-0.4, -0.2) is 50.9 Å². The number of nitrogens with one attached hydrogen (secondary N) is 2. The van der Waals surface area contributed by atoms with Gasteiger partial charge in [0.2, 0.25) is 15.9 Å². The van der Waals surface area contributed by atoms with E-state index in [0.717, 1.165) is 25.5 Å². The molecule has 0 radical (unpaired) electrons. The molecule has 0 aromatic rings. The zero-order valence-corrected chi connectivity index (χ0v) is 18.4. The standard InChI is InChI=1S/C14H26N2O6S2.Na/c1-23(18,19)16-12-6-3-5-11(9-12)15-14(17)10-4-2-7-13(8-10)24(20,21)22;/h10-13,16H,2-9H2,1H3,(H,15,17)(H,20,21,22);/q;+1/p-1. The van der Waals surface area contributed by atoms with Crippen molar-refractivity contribution in [2.45, 2.75) is 68.7 Å². The van der Waals surface area contributed by atoms with Crippen LogP contribution in [0, 0.1) is 5.92 Å². The van der Waals surface area contributed by atoms with E-state index in [4.69, 9.17) is 0 Å². The molecule has 11 heteroatoms. The van der Waals surface area contributed by atoms with E-state index >= 15 is 0 Å². The summed E-state index contributed by atoms with van der Waals surface area (Å²) >= 11 is 0. The van der Waals surface area contributed by atoms with Gasteiger partial charge in [-0.1, -0.05) is 6.42 Å². The summed E-state index contributed by atoms with van der Waals surface area (Å²) in [5, 5.41) is 1.93. The molecule has 2 rings (SSSR count). The van der Waals surface area contributed by atoms with E-state index in [9.17, 15) is 26.2 Å². The molecule has 0 bridgehead atoms. The SMILES string of the molecule is CS(=O)(=O)NC1CCCC(NC(=O)C2CCCC(S(=O)(=O)[O-])C2)C1.[Na+]. The van der Waals surface area contributed by atoms with Crippen molar-refractivity contribution in [3.8, 4) is 0 Å². The summed E-state index contributed by atoms with van der Waals surface area (Å²) in [5.74, 6) is -0.691. The quantitative estimate of drug-likeness (QED) is 0.372. The summed E-state index contributed by atoms with van der Waals surface area (Å²) in [7, 11) is -7.65. The van der Waals surface area contributed by atoms with E-state index in [2.05, 4.69) is 10.0 Å². The molecule has 25 heavy (non-hydrogen) atoms. The third kappa shape index (κ3) is 7.82. The van der Waals surface area contributed by atoms with Crippen LogP contribution in [0.1, 0.15) is 51.4 Å². The molecule has 140 valence electrons. The van der Waals surface area contributed by atoms with Crippen molar-refractivity contribution >= 4 is 26.0 Å². The molecule has 2 N–H and O–H groups in total. The van der Waals surface area contributed by atoms with Crippen molar-refractivity contribution < 1.29 is 55.7 Å². The summed E-state index contributed by atoms with van der Waals surface area (Å²) in [6, 6.07) is -0.324. The van der Waals surface area contributed by atoms with Crippen LogP contribution >= 0.6 is 0 Å². The van der Waals surface area contributed by atoms with E-state index in [-0.39, 0.29) is 54.0 Å². The maximum Gasteiger partial charge on any atom is 1.00 e. The molecule has 0 heterocycles. The van der Waals surface area contributed by atoms with Crippen LogP contribution in [0.15, 0.2) is 0 Å². The summed E-state index contributed by atoms with van der Waals surface area (Å²) in [6.45, 7) is 0. The molecule has 4 atom stereocenters. The first kappa shape index (κ1) is 23.3. The average Bonchev–Trinajstić information content (AvgIpc) is 2.45. The molecule has 2 fully saturated rings. The topological polar surface area (TPSA) is 132 Å². The molecule has 0 spiro atoms. The van der Waals surface area contributed by atoms with Crippen molar-refractivity contribution in [1.29, 1.82) is 0 Å². The molecular weight excluding hydrogens is 379 g/mol. The fourth-order valence-corrected chi connectivity index (χ4v) is 5.44. The van der Waals surface area contributed by atoms with Gasteiger partial charge in [-0.15, -0.1) is 0 Å². The van der Waals surface area contributed by atoms with Crippen molar-refractivity contribution in [3.63, 3.8) is 0 Å². The van der Waals surface area contributed by atoms with Crippen LogP contribution in [-0.2, 0) is 24.9 Å². The normalized spacial score (nSPS) is 31.0. The maximum absolute atomic E-state index is 12.4. The van der Waals surface area contributed by atoms with Gasteiger partial charge in [0.25, 0.3) is 0 Å². The van der Waals surface area contributed by atoms with Crippen molar-refractivity contribution in [1.82, 2.24) is 10.0 Å². The first-order valence-electron chi connectivity index (χ1n) is 8.27. The number of hydrogen-bond donors (Lipinski definition) is 2. The second kappa shape index (κ2) is 9.48. The van der Waals surface area contributed by atoms with Gasteiger partial charge in [-0.3, -0.25) is 4.79 Å². The Bertz CT molecular complexity index is 667. The zero-order valence-electron chi connectivity index (χ0n) is 14.7. The molecule has 8 nitrogen and oxygen atoms in total. The average molecular weight is 404 g/mol. The first-order valence-corrected chi connectivity index (χ1v) is 11.6. The van der Waals surface area contributed by atoms with Gasteiger partial charge in [0, 0.05) is 18.0 Å². The van der Waals surface area contributed by atoms with E-state index in [1.165, 1.54) is 0 Å². The van der Waals surface area contributed by atoms with Gasteiger partial charge in [-0.25, -0.2) is 21.6 Å². The smallest absolute Gasteiger partial charge is 0.748 e. The molecule has 0 saturated heterocycles. The Morgan fingerprint density at radius 2 is 1.56 bits per heavy atom. The molecule has 4 unspecified atom stereocenters. The monoisotopic (exact) mass is 404 g/mol. The van der Waals surface area contributed by atoms with E-state index in [1.807, 2.05) is 0 Å². The maximum atomic E-state index is 12.4. The van der Waals surface area contributed by atoms with Gasteiger partial charge in [-0.05, 0) is 44.9 Å². The largest absolute Gasteiger partial charge is 1.00 e. The van der Waals surface area contributed by atoms with Gasteiger partial charge in [0.15, 0.2) is 0 Å². The second-order valence-electron chi connectivity index (χ2n) is 6.94. The van der Waals surface area contributed by atoms with E-state index in [1.54, 1.807) is 0 Å². The predicted molar refractivity (Wildman–Crippen MR) is 87.6 cm³/mol. The Morgan fingerprint density at radius 1 is 0.960 bits per heavy atom. The molecule has 2 aliphatic rings. The molecule has 0 aromatic heterocycles. The number of amides is 1. The Morgan fingerprint density at radius 3 is 2.16 bits per heavy atom. The summed E-state index contributed by atoms with van der Waals surface area (Å²) < 4.78 is 58.7. The van der Waals surface area contributed by atoms with Crippen LogP contribution in [0.4, 0.5) is 0 Å². The molecule has 0 aliphatic heterocycles. The van der Waals surface area contributed by atoms with Gasteiger partial charge in [0.1, 0.15) is 0 Å². The number of carbonyl (C=O) groups excluding carboxylic acids is 1.